The fourth-order valence-corrected chi connectivity index (χ4v) is 12.3. The summed E-state index contributed by atoms with van der Waals surface area (Å²) in [6, 6.07) is -14.1. The van der Waals surface area contributed by atoms with Crippen molar-refractivity contribution >= 4 is 83.0 Å². The maximum Gasteiger partial charge on any atom is 0.410 e. The molecule has 0 fully saturated rings. The highest BCUT2D eigenvalue weighted by atomic mass is 16.6. The van der Waals surface area contributed by atoms with Crippen molar-refractivity contribution in [3.8, 4) is 0 Å². The van der Waals surface area contributed by atoms with Crippen LogP contribution in [0.1, 0.15) is 178 Å². The molecule has 4 N–H and O–H groups in total. The third-order valence-corrected chi connectivity index (χ3v) is 18.8. The molecule has 0 aliphatic rings. The molecule has 0 bridgehead atoms. The van der Waals surface area contributed by atoms with Gasteiger partial charge in [-0.25, -0.2) is 9.59 Å². The molecule has 0 aliphatic carbocycles. The van der Waals surface area contributed by atoms with E-state index in [0.29, 0.717) is 6.42 Å². The third-order valence-electron chi connectivity index (χ3n) is 18.8. The molecule has 0 aromatic rings. The van der Waals surface area contributed by atoms with Crippen LogP contribution in [0.3, 0.4) is 0 Å². The highest BCUT2D eigenvalue weighted by Crippen LogP contribution is 2.27. The van der Waals surface area contributed by atoms with Gasteiger partial charge in [0.25, 0.3) is 0 Å². The molecule has 0 radical (unpaired) electrons. The van der Waals surface area contributed by atoms with Gasteiger partial charge in [-0.1, -0.05) is 95.2 Å². The number of nitrogens with zero attached hydrogens (tertiary/aromatic N) is 8. The van der Waals surface area contributed by atoms with Crippen LogP contribution in [0, 0.1) is 41.4 Å². The van der Waals surface area contributed by atoms with Crippen LogP contribution < -0.4 is 21.3 Å². The van der Waals surface area contributed by atoms with Crippen LogP contribution in [0.15, 0.2) is 12.2 Å². The van der Waals surface area contributed by atoms with Gasteiger partial charge in [0.05, 0.1) is 19.8 Å². The maximum absolute atomic E-state index is 15.3. The van der Waals surface area contributed by atoms with Gasteiger partial charge in [0, 0.05) is 90.4 Å². The molecule has 0 spiro atoms. The number of methoxy groups -OCH3 is 2. The normalized spacial score (nSPS) is 15.4. The van der Waals surface area contributed by atoms with E-state index in [2.05, 4.69) is 21.3 Å². The standard InChI is InChI=1S/C76H136N12O19/c1-32-34-35-48(13)63(106-53(18)90)62(67(94)79-55(33-2)74(101)105-37-36-81(22)52(17)89)88(29)73(100)60(47(11)12)86(27)71(98)58(40-45(7)8)85(26)70(97)57(39-44(5)6)84(25)68(95)50(15)78-64(91)49(14)77-65(92)56(38-43(3)4)83(24)72(99)59(46(9)10)80-66(93)61(54(41-103-30)42-104-31)87(28)69(96)51(16)82(23)75(102)107-76(19,20)21/h32,34,43-51,54-63H,33,35-42H2,1-31H3,(H,77,92)(H,78,91)(H,79,94)(H,80,93)/b34-32+/t48-,49+,50-,51-,55+,56+,57+,58+,59+,60+,61+,62+,63-/m1/s1. The number of ether oxygens (including phenoxy) is 5. The first kappa shape index (κ1) is 99.0. The van der Waals surface area contributed by atoms with Crippen molar-refractivity contribution < 1.29 is 90.8 Å². The number of carbonyl (C=O) groups excluding carboxylic acids is 14. The van der Waals surface area contributed by atoms with Gasteiger partial charge in [0.2, 0.25) is 65.0 Å². The Bertz CT molecular complexity index is 2990. The number of hydrogen-bond acceptors (Lipinski definition) is 19. The Morgan fingerprint density at radius 2 is 0.925 bits per heavy atom. The summed E-state index contributed by atoms with van der Waals surface area (Å²) in [6.45, 7) is 34.7. The van der Waals surface area contributed by atoms with Gasteiger partial charge < -0.3 is 79.3 Å². The molecule has 0 saturated heterocycles. The van der Waals surface area contributed by atoms with E-state index in [0.717, 1.165) is 9.80 Å². The Morgan fingerprint density at radius 1 is 0.477 bits per heavy atom. The van der Waals surface area contributed by atoms with E-state index in [1.54, 1.807) is 75.3 Å². The number of likely N-dealkylation sites (N-methyl/N-ethyl adjacent to an activating group) is 8. The third kappa shape index (κ3) is 30.9. The molecule has 12 amide bonds. The van der Waals surface area contributed by atoms with E-state index in [-0.39, 0.29) is 75.7 Å². The lowest BCUT2D eigenvalue weighted by Crippen LogP contribution is -2.63. The predicted molar refractivity (Wildman–Crippen MR) is 406 cm³/mol. The van der Waals surface area contributed by atoms with E-state index in [1.807, 2.05) is 47.6 Å². The Balaban J connectivity index is 7.27. The fourth-order valence-electron chi connectivity index (χ4n) is 12.3. The van der Waals surface area contributed by atoms with E-state index in [1.165, 1.54) is 135 Å². The van der Waals surface area contributed by atoms with Crippen molar-refractivity contribution in [2.75, 3.05) is 97.0 Å². The maximum atomic E-state index is 15.3. The van der Waals surface area contributed by atoms with Gasteiger partial charge in [-0.2, -0.15) is 0 Å². The molecule has 0 heterocycles. The highest BCUT2D eigenvalue weighted by Gasteiger charge is 2.47. The molecule has 614 valence electrons. The zero-order valence-corrected chi connectivity index (χ0v) is 70.3. The average Bonchev–Trinajstić information content (AvgIpc) is 0.800. The first-order chi connectivity index (χ1) is 49.3. The molecule has 13 atom stereocenters. The van der Waals surface area contributed by atoms with Gasteiger partial charge in [-0.3, -0.25) is 62.4 Å². The van der Waals surface area contributed by atoms with Gasteiger partial charge in [0.15, 0.2) is 0 Å². The van der Waals surface area contributed by atoms with Crippen molar-refractivity contribution in [1.29, 1.82) is 0 Å². The SMILES string of the molecule is C/C=C/C[C@@H](C)[C@@H](OC(C)=O)[C@@H](C(=O)N[C@@H](CC)C(=O)OCCN(C)C(C)=O)N(C)C(=O)[C@H](C(C)C)N(C)C(=O)[C@H](CC(C)C)N(C)C(=O)[C@H](CC(C)C)N(C)C(=O)[C@@H](C)NC(=O)[C@H](C)NC(=O)[C@H](CC(C)C)N(C)C(=O)[C@@H](NC(=O)[C@H](C(COC)COC)N(C)C(=O)[C@@H](C)N(C)C(=O)OC(C)(C)C)C(C)C. The van der Waals surface area contributed by atoms with E-state index < -0.39 is 179 Å². The summed E-state index contributed by atoms with van der Waals surface area (Å²) in [6.07, 6.45) is 2.18. The molecule has 107 heavy (non-hydrogen) atoms. The lowest BCUT2D eigenvalue weighted by molar-refractivity contribution is -0.164. The van der Waals surface area contributed by atoms with Crippen LogP contribution in [0.25, 0.3) is 0 Å². The molecule has 0 aliphatic heterocycles. The second-order valence-corrected chi connectivity index (χ2v) is 31.3. The largest absolute Gasteiger partial charge is 0.462 e. The Labute approximate surface area is 638 Å². The summed E-state index contributed by atoms with van der Waals surface area (Å²) in [5.74, 6) is -12.2. The lowest BCUT2D eigenvalue weighted by Gasteiger charge is -2.42. The summed E-state index contributed by atoms with van der Waals surface area (Å²) in [5, 5.41) is 10.9. The van der Waals surface area contributed by atoms with Crippen LogP contribution >= 0.6 is 0 Å². The van der Waals surface area contributed by atoms with Crippen molar-refractivity contribution in [3.05, 3.63) is 12.2 Å². The lowest BCUT2D eigenvalue weighted by atomic mass is 9.91. The Kier molecular flexibility index (Phi) is 43.0. The minimum atomic E-state index is -1.58. The number of rotatable bonds is 44. The van der Waals surface area contributed by atoms with Gasteiger partial charge >= 0.3 is 18.0 Å². The first-order valence-corrected chi connectivity index (χ1v) is 37.3. The molecule has 31 heteroatoms. The van der Waals surface area contributed by atoms with Crippen molar-refractivity contribution in [2.24, 2.45) is 41.4 Å². The fraction of sp³-hybridized carbons (Fsp3) is 0.789. The second-order valence-electron chi connectivity index (χ2n) is 31.3. The second kappa shape index (κ2) is 46.4. The monoisotopic (exact) mass is 1520 g/mol. The summed E-state index contributed by atoms with van der Waals surface area (Å²) in [5.41, 5.74) is -0.866. The number of nitrogens with one attached hydrogen (secondary N) is 4. The quantitative estimate of drug-likeness (QED) is 0.0370. The summed E-state index contributed by atoms with van der Waals surface area (Å²) < 4.78 is 27.8. The predicted octanol–water partition coefficient (Wildman–Crippen LogP) is 4.51. The minimum absolute atomic E-state index is 0.0536. The van der Waals surface area contributed by atoms with E-state index in [9.17, 15) is 52.7 Å². The number of esters is 2. The zero-order valence-electron chi connectivity index (χ0n) is 70.3. The molecular formula is C76H136N12O19. The van der Waals surface area contributed by atoms with Crippen molar-refractivity contribution in [3.63, 3.8) is 0 Å². The van der Waals surface area contributed by atoms with Crippen LogP contribution in [-0.4, -0.2) is 297 Å². The van der Waals surface area contributed by atoms with Crippen molar-refractivity contribution in [1.82, 2.24) is 60.5 Å². The number of carbonyl (C=O) groups is 14. The van der Waals surface area contributed by atoms with Gasteiger partial charge in [0.1, 0.15) is 84.8 Å². The van der Waals surface area contributed by atoms with Crippen LogP contribution in [0.2, 0.25) is 0 Å². The Morgan fingerprint density at radius 3 is 1.36 bits per heavy atom. The molecule has 0 aromatic carbocycles. The van der Waals surface area contributed by atoms with Crippen molar-refractivity contribution in [2.45, 2.75) is 256 Å². The van der Waals surface area contributed by atoms with Crippen LogP contribution in [0.5, 0.6) is 0 Å². The molecule has 0 saturated carbocycles. The number of amides is 12. The summed E-state index contributed by atoms with van der Waals surface area (Å²) in [4.78, 5) is 208. The molecule has 0 rings (SSSR count). The molecule has 0 unspecified atom stereocenters. The molecule has 31 nitrogen and oxygen atoms in total. The topological polar surface area (TPSA) is 359 Å². The average molecular weight is 1520 g/mol. The summed E-state index contributed by atoms with van der Waals surface area (Å²) in [7, 11) is 14.2. The number of hydrogen-bond donors (Lipinski definition) is 4. The molecule has 0 aromatic heterocycles. The van der Waals surface area contributed by atoms with Gasteiger partial charge in [-0.15, -0.1) is 0 Å². The smallest absolute Gasteiger partial charge is 0.410 e. The number of allylic oxidation sites excluding steroid dienone is 2. The minimum Gasteiger partial charge on any atom is -0.462 e. The first-order valence-electron chi connectivity index (χ1n) is 37.3. The highest BCUT2D eigenvalue weighted by molar-refractivity contribution is 5.99. The summed E-state index contributed by atoms with van der Waals surface area (Å²) >= 11 is 0. The van der Waals surface area contributed by atoms with Crippen LogP contribution in [0.4, 0.5) is 4.79 Å². The van der Waals surface area contributed by atoms with E-state index in [4.69, 9.17) is 23.7 Å². The molecular weight excluding hydrogens is 1380 g/mol. The zero-order chi connectivity index (χ0) is 83.3. The van der Waals surface area contributed by atoms with E-state index >= 15 is 14.4 Å². The van der Waals surface area contributed by atoms with Gasteiger partial charge in [-0.05, 0) is 116 Å². The van der Waals surface area contributed by atoms with Crippen LogP contribution in [-0.2, 0) is 86.0 Å². The Hall–Kier alpha value is -7.96.